The van der Waals surface area contributed by atoms with Crippen molar-refractivity contribution in [2.24, 2.45) is 0 Å². The zero-order chi connectivity index (χ0) is 8.69. The largest absolute Gasteiger partial charge is 0.444 e. The predicted molar refractivity (Wildman–Crippen MR) is 38.1 cm³/mol. The molecule has 5 nitrogen and oxygen atoms in total. The molecule has 0 spiro atoms. The molecule has 0 aliphatic heterocycles. The van der Waals surface area contributed by atoms with Crippen LogP contribution in [0.2, 0.25) is 0 Å². The Morgan fingerprint density at radius 2 is 2.27 bits per heavy atom. The van der Waals surface area contributed by atoms with Crippen LogP contribution in [-0.4, -0.2) is 42.2 Å². The van der Waals surface area contributed by atoms with Gasteiger partial charge in [-0.3, -0.25) is 0 Å². The molecule has 11 heavy (non-hydrogen) atoms. The van der Waals surface area contributed by atoms with Gasteiger partial charge in [0.2, 0.25) is 0 Å². The Hall–Kier alpha value is -0.810. The molecule has 0 unspecified atom stereocenters. The van der Waals surface area contributed by atoms with Gasteiger partial charge in [0.15, 0.2) is 0 Å². The standard InChI is InChI=1S/C6H13NO4/c1-5(4-9)11-6(10)7-2-3-8/h5,8-9H,2-4H2,1H3,(H,7,10)/t5-/m1/s1. The van der Waals surface area contributed by atoms with Crippen molar-refractivity contribution in [1.29, 1.82) is 0 Å². The number of aliphatic hydroxyl groups is 2. The van der Waals surface area contributed by atoms with Gasteiger partial charge in [-0.15, -0.1) is 0 Å². The summed E-state index contributed by atoms with van der Waals surface area (Å²) in [5.74, 6) is 0. The Kier molecular flexibility index (Phi) is 5.50. The molecule has 0 aromatic carbocycles. The Morgan fingerprint density at radius 3 is 2.73 bits per heavy atom. The summed E-state index contributed by atoms with van der Waals surface area (Å²) < 4.78 is 4.59. The summed E-state index contributed by atoms with van der Waals surface area (Å²) in [5, 5.41) is 19.0. The van der Waals surface area contributed by atoms with Gasteiger partial charge in [0, 0.05) is 6.54 Å². The lowest BCUT2D eigenvalue weighted by atomic mass is 10.4. The molecular weight excluding hydrogens is 150 g/mol. The third kappa shape index (κ3) is 5.63. The Bertz CT molecular complexity index is 117. The van der Waals surface area contributed by atoms with Gasteiger partial charge in [-0.2, -0.15) is 0 Å². The molecule has 0 aromatic rings. The van der Waals surface area contributed by atoms with Gasteiger partial charge >= 0.3 is 6.09 Å². The first-order valence-electron chi connectivity index (χ1n) is 3.37. The summed E-state index contributed by atoms with van der Waals surface area (Å²) in [6, 6.07) is 0. The summed E-state index contributed by atoms with van der Waals surface area (Å²) in [6.07, 6.45) is -1.13. The average Bonchev–Trinajstić information content (AvgIpc) is 2.00. The predicted octanol–water partition coefficient (Wildman–Crippen LogP) is -0.914. The van der Waals surface area contributed by atoms with Gasteiger partial charge < -0.3 is 20.3 Å². The molecule has 0 saturated carbocycles. The fourth-order valence-electron chi connectivity index (χ4n) is 0.420. The van der Waals surface area contributed by atoms with Crippen molar-refractivity contribution in [1.82, 2.24) is 5.32 Å². The van der Waals surface area contributed by atoms with Crippen molar-refractivity contribution in [3.63, 3.8) is 0 Å². The highest BCUT2D eigenvalue weighted by Crippen LogP contribution is 1.87. The number of carbonyl (C=O) groups excluding carboxylic acids is 1. The molecule has 0 fully saturated rings. The average molecular weight is 163 g/mol. The SMILES string of the molecule is C[C@H](CO)OC(=O)NCCO. The highest BCUT2D eigenvalue weighted by molar-refractivity contribution is 5.67. The summed E-state index contributed by atoms with van der Waals surface area (Å²) in [5.41, 5.74) is 0. The van der Waals surface area contributed by atoms with Crippen molar-refractivity contribution < 1.29 is 19.7 Å². The third-order valence-electron chi connectivity index (χ3n) is 0.946. The maximum absolute atomic E-state index is 10.6. The summed E-state index contributed by atoms with van der Waals surface area (Å²) in [4.78, 5) is 10.6. The smallest absolute Gasteiger partial charge is 0.407 e. The van der Waals surface area contributed by atoms with E-state index in [-0.39, 0.29) is 19.8 Å². The number of aliphatic hydroxyl groups excluding tert-OH is 2. The van der Waals surface area contributed by atoms with E-state index in [9.17, 15) is 4.79 Å². The molecular formula is C6H13NO4. The van der Waals surface area contributed by atoms with E-state index >= 15 is 0 Å². The van der Waals surface area contributed by atoms with E-state index < -0.39 is 12.2 Å². The van der Waals surface area contributed by atoms with E-state index in [0.29, 0.717) is 0 Å². The van der Waals surface area contributed by atoms with Crippen molar-refractivity contribution in [3.05, 3.63) is 0 Å². The van der Waals surface area contributed by atoms with Crippen LogP contribution in [0.15, 0.2) is 0 Å². The van der Waals surface area contributed by atoms with Crippen LogP contribution < -0.4 is 5.32 Å². The summed E-state index contributed by atoms with van der Waals surface area (Å²) in [7, 11) is 0. The minimum absolute atomic E-state index is 0.122. The minimum atomic E-state index is -0.624. The summed E-state index contributed by atoms with van der Waals surface area (Å²) >= 11 is 0. The highest BCUT2D eigenvalue weighted by atomic mass is 16.6. The van der Waals surface area contributed by atoms with Crippen LogP contribution in [0.4, 0.5) is 4.79 Å². The number of rotatable bonds is 4. The third-order valence-corrected chi connectivity index (χ3v) is 0.946. The van der Waals surface area contributed by atoms with E-state index in [2.05, 4.69) is 10.1 Å². The number of hydrogen-bond acceptors (Lipinski definition) is 4. The lowest BCUT2D eigenvalue weighted by Gasteiger charge is -2.09. The van der Waals surface area contributed by atoms with Crippen LogP contribution in [-0.2, 0) is 4.74 Å². The zero-order valence-corrected chi connectivity index (χ0v) is 6.41. The van der Waals surface area contributed by atoms with Crippen LogP contribution in [0, 0.1) is 0 Å². The van der Waals surface area contributed by atoms with Gasteiger partial charge in [-0.1, -0.05) is 0 Å². The van der Waals surface area contributed by atoms with Crippen LogP contribution in [0.1, 0.15) is 6.92 Å². The number of alkyl carbamates (subject to hydrolysis) is 1. The minimum Gasteiger partial charge on any atom is -0.444 e. The fourth-order valence-corrected chi connectivity index (χ4v) is 0.420. The van der Waals surface area contributed by atoms with Gasteiger partial charge in [0.1, 0.15) is 6.10 Å². The second-order valence-electron chi connectivity index (χ2n) is 2.05. The number of carbonyl (C=O) groups is 1. The van der Waals surface area contributed by atoms with E-state index in [1.165, 1.54) is 0 Å². The van der Waals surface area contributed by atoms with Gasteiger partial charge in [0.25, 0.3) is 0 Å². The fraction of sp³-hybridized carbons (Fsp3) is 0.833. The second kappa shape index (κ2) is 5.94. The number of hydrogen-bond donors (Lipinski definition) is 3. The van der Waals surface area contributed by atoms with Crippen molar-refractivity contribution in [2.45, 2.75) is 13.0 Å². The molecule has 1 amide bonds. The second-order valence-corrected chi connectivity index (χ2v) is 2.05. The number of nitrogens with one attached hydrogen (secondary N) is 1. The Balaban J connectivity index is 3.36. The quantitative estimate of drug-likeness (QED) is 0.501. The lowest BCUT2D eigenvalue weighted by molar-refractivity contribution is 0.0672. The van der Waals surface area contributed by atoms with Crippen LogP contribution in [0.3, 0.4) is 0 Å². The van der Waals surface area contributed by atoms with Crippen LogP contribution >= 0.6 is 0 Å². The van der Waals surface area contributed by atoms with Crippen LogP contribution in [0.5, 0.6) is 0 Å². The van der Waals surface area contributed by atoms with Crippen molar-refractivity contribution in [2.75, 3.05) is 19.8 Å². The number of amides is 1. The van der Waals surface area contributed by atoms with E-state index in [1.54, 1.807) is 6.92 Å². The maximum Gasteiger partial charge on any atom is 0.407 e. The topological polar surface area (TPSA) is 78.8 Å². The molecule has 1 atom stereocenters. The molecule has 0 bridgehead atoms. The molecule has 0 rings (SSSR count). The molecule has 3 N–H and O–H groups in total. The molecule has 0 aliphatic rings. The normalized spacial score (nSPS) is 12.3. The first kappa shape index (κ1) is 10.2. The molecule has 5 heteroatoms. The van der Waals surface area contributed by atoms with Gasteiger partial charge in [0.05, 0.1) is 13.2 Å². The molecule has 0 saturated heterocycles. The first-order valence-corrected chi connectivity index (χ1v) is 3.37. The monoisotopic (exact) mass is 163 g/mol. The molecule has 66 valence electrons. The van der Waals surface area contributed by atoms with E-state index in [1.807, 2.05) is 0 Å². The zero-order valence-electron chi connectivity index (χ0n) is 6.41. The molecule has 0 aromatic heterocycles. The molecule has 0 heterocycles. The van der Waals surface area contributed by atoms with E-state index in [4.69, 9.17) is 10.2 Å². The summed E-state index contributed by atoms with van der Waals surface area (Å²) in [6.45, 7) is 1.41. The molecule has 0 aliphatic carbocycles. The molecule has 0 radical (unpaired) electrons. The Labute approximate surface area is 65.0 Å². The Morgan fingerprint density at radius 1 is 1.64 bits per heavy atom. The van der Waals surface area contributed by atoms with Crippen molar-refractivity contribution in [3.8, 4) is 0 Å². The van der Waals surface area contributed by atoms with Gasteiger partial charge in [-0.05, 0) is 6.92 Å². The van der Waals surface area contributed by atoms with E-state index in [0.717, 1.165) is 0 Å². The number of ether oxygens (including phenoxy) is 1. The first-order chi connectivity index (χ1) is 5.20. The van der Waals surface area contributed by atoms with Gasteiger partial charge in [-0.25, -0.2) is 4.79 Å². The van der Waals surface area contributed by atoms with Crippen molar-refractivity contribution >= 4 is 6.09 Å². The highest BCUT2D eigenvalue weighted by Gasteiger charge is 2.05. The lowest BCUT2D eigenvalue weighted by Crippen LogP contribution is -2.31. The van der Waals surface area contributed by atoms with Crippen LogP contribution in [0.25, 0.3) is 0 Å². The maximum atomic E-state index is 10.6.